The quantitative estimate of drug-likeness (QED) is 0.504. The first-order valence-corrected chi connectivity index (χ1v) is 12.2. The van der Waals surface area contributed by atoms with Crippen molar-refractivity contribution in [3.05, 3.63) is 88.7 Å². The lowest BCUT2D eigenvalue weighted by Gasteiger charge is -2.13. The lowest BCUT2D eigenvalue weighted by molar-refractivity contribution is -0.137. The maximum absolute atomic E-state index is 14.0. The average Bonchev–Trinajstić information content (AvgIpc) is 3.12. The summed E-state index contributed by atoms with van der Waals surface area (Å²) in [6.07, 6.45) is -2.42. The van der Waals surface area contributed by atoms with Crippen molar-refractivity contribution in [3.8, 4) is 11.1 Å². The molecule has 0 saturated carbocycles. The number of amides is 1. The van der Waals surface area contributed by atoms with Crippen molar-refractivity contribution in [2.24, 2.45) is 0 Å². The SMILES string of the molecule is CS(=O)(=O)NC1Cc2ccc(NC(=O)c3cc(F)ccc3-c3ccc(C(F)(F)F)cc3)cc2C1. The summed E-state index contributed by atoms with van der Waals surface area (Å²) in [5.41, 5.74) is 2.03. The van der Waals surface area contributed by atoms with Gasteiger partial charge >= 0.3 is 6.18 Å². The van der Waals surface area contributed by atoms with Crippen LogP contribution in [0.1, 0.15) is 27.0 Å². The van der Waals surface area contributed by atoms with Gasteiger partial charge in [-0.2, -0.15) is 13.2 Å². The molecule has 0 aliphatic heterocycles. The van der Waals surface area contributed by atoms with Crippen LogP contribution in [0.4, 0.5) is 23.2 Å². The summed E-state index contributed by atoms with van der Waals surface area (Å²) in [6, 6.07) is 12.7. The number of hydrogen-bond acceptors (Lipinski definition) is 3. The maximum Gasteiger partial charge on any atom is 0.416 e. The molecule has 0 saturated heterocycles. The number of halogens is 4. The van der Waals surface area contributed by atoms with Crippen LogP contribution >= 0.6 is 0 Å². The molecule has 1 aliphatic rings. The number of carbonyl (C=O) groups excluding carboxylic acids is 1. The molecule has 178 valence electrons. The van der Waals surface area contributed by atoms with Gasteiger partial charge in [-0.15, -0.1) is 0 Å². The number of fused-ring (bicyclic) bond motifs is 1. The Morgan fingerprint density at radius 2 is 1.62 bits per heavy atom. The number of sulfonamides is 1. The molecule has 3 aromatic carbocycles. The molecule has 1 amide bonds. The van der Waals surface area contributed by atoms with Crippen LogP contribution in [0.3, 0.4) is 0 Å². The lowest BCUT2D eigenvalue weighted by atomic mass is 9.97. The largest absolute Gasteiger partial charge is 0.416 e. The molecule has 34 heavy (non-hydrogen) atoms. The molecule has 4 rings (SSSR count). The van der Waals surface area contributed by atoms with Crippen LogP contribution < -0.4 is 10.0 Å². The second-order valence-electron chi connectivity index (χ2n) is 8.20. The molecule has 3 aromatic rings. The van der Waals surface area contributed by atoms with E-state index in [0.29, 0.717) is 24.1 Å². The Morgan fingerprint density at radius 1 is 0.941 bits per heavy atom. The molecule has 0 fully saturated rings. The van der Waals surface area contributed by atoms with Gasteiger partial charge in [0.05, 0.1) is 17.4 Å². The topological polar surface area (TPSA) is 75.3 Å². The van der Waals surface area contributed by atoms with Gasteiger partial charge < -0.3 is 5.32 Å². The van der Waals surface area contributed by atoms with Crippen LogP contribution in [0.2, 0.25) is 0 Å². The Bertz CT molecular complexity index is 1350. The van der Waals surface area contributed by atoms with E-state index < -0.39 is 33.5 Å². The van der Waals surface area contributed by atoms with Gasteiger partial charge in [0.1, 0.15) is 5.82 Å². The number of benzene rings is 3. The number of carbonyl (C=O) groups is 1. The van der Waals surface area contributed by atoms with Crippen LogP contribution in [-0.4, -0.2) is 26.6 Å². The number of rotatable bonds is 5. The van der Waals surface area contributed by atoms with E-state index in [-0.39, 0.29) is 17.2 Å². The molecular weight excluding hydrogens is 472 g/mol. The highest BCUT2D eigenvalue weighted by Crippen LogP contribution is 2.32. The first-order chi connectivity index (χ1) is 15.9. The third kappa shape index (κ3) is 5.45. The Balaban J connectivity index is 1.57. The summed E-state index contributed by atoms with van der Waals surface area (Å²) in [6.45, 7) is 0. The predicted octanol–water partition coefficient (Wildman–Crippen LogP) is 4.78. The fourth-order valence-corrected chi connectivity index (χ4v) is 4.85. The van der Waals surface area contributed by atoms with Gasteiger partial charge in [0.2, 0.25) is 10.0 Å². The molecule has 1 atom stereocenters. The zero-order valence-electron chi connectivity index (χ0n) is 17.9. The van der Waals surface area contributed by atoms with Crippen molar-refractivity contribution in [1.29, 1.82) is 0 Å². The second kappa shape index (κ2) is 8.84. The van der Waals surface area contributed by atoms with Crippen molar-refractivity contribution in [2.45, 2.75) is 25.1 Å². The van der Waals surface area contributed by atoms with Crippen LogP contribution in [0.5, 0.6) is 0 Å². The zero-order valence-corrected chi connectivity index (χ0v) is 18.7. The second-order valence-corrected chi connectivity index (χ2v) is 9.98. The van der Waals surface area contributed by atoms with Crippen molar-refractivity contribution < 1.29 is 30.8 Å². The molecule has 5 nitrogen and oxygen atoms in total. The molecule has 0 aromatic heterocycles. The summed E-state index contributed by atoms with van der Waals surface area (Å²) < 4.78 is 78.2. The molecule has 0 heterocycles. The lowest BCUT2D eigenvalue weighted by Crippen LogP contribution is -2.34. The molecule has 10 heteroatoms. The summed E-state index contributed by atoms with van der Waals surface area (Å²) in [7, 11) is -3.35. The Kier molecular flexibility index (Phi) is 6.22. The summed E-state index contributed by atoms with van der Waals surface area (Å²) in [5.74, 6) is -1.29. The average molecular weight is 492 g/mol. The Hall–Kier alpha value is -3.24. The highest BCUT2D eigenvalue weighted by molar-refractivity contribution is 7.88. The van der Waals surface area contributed by atoms with Gasteiger partial charge in [-0.3, -0.25) is 4.79 Å². The van der Waals surface area contributed by atoms with E-state index in [1.165, 1.54) is 18.2 Å². The Labute approximate surface area is 193 Å². The molecule has 0 spiro atoms. The number of nitrogens with one attached hydrogen (secondary N) is 2. The van der Waals surface area contributed by atoms with Gasteiger partial charge in [-0.25, -0.2) is 17.5 Å². The molecule has 1 unspecified atom stereocenters. The summed E-state index contributed by atoms with van der Waals surface area (Å²) in [4.78, 5) is 13.0. The van der Waals surface area contributed by atoms with E-state index in [2.05, 4.69) is 10.0 Å². The normalized spacial score (nSPS) is 15.7. The number of hydrogen-bond donors (Lipinski definition) is 2. The van der Waals surface area contributed by atoms with Crippen molar-refractivity contribution >= 4 is 21.6 Å². The minimum Gasteiger partial charge on any atom is -0.322 e. The molecule has 1 aliphatic carbocycles. The fourth-order valence-electron chi connectivity index (χ4n) is 4.08. The first-order valence-electron chi connectivity index (χ1n) is 10.3. The van der Waals surface area contributed by atoms with Crippen LogP contribution in [-0.2, 0) is 29.0 Å². The third-order valence-corrected chi connectivity index (χ3v) is 6.29. The Morgan fingerprint density at radius 3 is 2.26 bits per heavy atom. The van der Waals surface area contributed by atoms with Gasteiger partial charge in [-0.05, 0) is 71.5 Å². The van der Waals surface area contributed by atoms with E-state index in [4.69, 9.17) is 0 Å². The fraction of sp³-hybridized carbons (Fsp3) is 0.208. The van der Waals surface area contributed by atoms with E-state index >= 15 is 0 Å². The summed E-state index contributed by atoms with van der Waals surface area (Å²) >= 11 is 0. The standard InChI is InChI=1S/C24H20F4N2O3S/c1-34(32,33)30-20-10-15-4-8-19(11-16(15)12-20)29-23(31)22-13-18(25)7-9-21(22)14-2-5-17(6-3-14)24(26,27)28/h2-9,11,13,20,30H,10,12H2,1H3,(H,29,31). The smallest absolute Gasteiger partial charge is 0.322 e. The molecule has 0 radical (unpaired) electrons. The zero-order chi connectivity index (χ0) is 24.7. The predicted molar refractivity (Wildman–Crippen MR) is 120 cm³/mol. The van der Waals surface area contributed by atoms with Crippen LogP contribution in [0, 0.1) is 5.82 Å². The maximum atomic E-state index is 14.0. The minimum atomic E-state index is -4.50. The van der Waals surface area contributed by atoms with Gasteiger partial charge in [0, 0.05) is 11.7 Å². The molecule has 0 bridgehead atoms. The van der Waals surface area contributed by atoms with E-state index in [1.54, 1.807) is 18.2 Å². The van der Waals surface area contributed by atoms with E-state index in [9.17, 15) is 30.8 Å². The van der Waals surface area contributed by atoms with E-state index in [0.717, 1.165) is 41.6 Å². The number of anilines is 1. The third-order valence-electron chi connectivity index (χ3n) is 5.53. The van der Waals surface area contributed by atoms with Crippen LogP contribution in [0.15, 0.2) is 60.7 Å². The van der Waals surface area contributed by atoms with E-state index in [1.807, 2.05) is 0 Å². The molecule has 2 N–H and O–H groups in total. The van der Waals surface area contributed by atoms with Gasteiger partial charge in [0.15, 0.2) is 0 Å². The highest BCUT2D eigenvalue weighted by atomic mass is 32.2. The van der Waals surface area contributed by atoms with Gasteiger partial charge in [-0.1, -0.05) is 24.3 Å². The number of alkyl halides is 3. The van der Waals surface area contributed by atoms with Gasteiger partial charge in [0.25, 0.3) is 5.91 Å². The van der Waals surface area contributed by atoms with Crippen LogP contribution in [0.25, 0.3) is 11.1 Å². The van der Waals surface area contributed by atoms with Crippen molar-refractivity contribution in [3.63, 3.8) is 0 Å². The van der Waals surface area contributed by atoms with Crippen molar-refractivity contribution in [2.75, 3.05) is 11.6 Å². The summed E-state index contributed by atoms with van der Waals surface area (Å²) in [5, 5.41) is 2.70. The van der Waals surface area contributed by atoms with Crippen molar-refractivity contribution in [1.82, 2.24) is 4.72 Å². The first kappa shape index (κ1) is 23.9. The molecular formula is C24H20F4N2O3S. The monoisotopic (exact) mass is 492 g/mol. The minimum absolute atomic E-state index is 0.0307. The highest BCUT2D eigenvalue weighted by Gasteiger charge is 2.30.